The number of hydrogen-bond donors (Lipinski definition) is 0. The summed E-state index contributed by atoms with van der Waals surface area (Å²) >= 11 is 3.45. The van der Waals surface area contributed by atoms with Crippen molar-refractivity contribution in [3.05, 3.63) is 108 Å². The van der Waals surface area contributed by atoms with Crippen molar-refractivity contribution in [3.8, 4) is 0 Å². The molecule has 3 aromatic rings. The zero-order valence-electron chi connectivity index (χ0n) is 16.7. The molecule has 0 amide bonds. The van der Waals surface area contributed by atoms with E-state index in [0.29, 0.717) is 5.56 Å². The van der Waals surface area contributed by atoms with Crippen molar-refractivity contribution < 1.29 is 9.53 Å². The minimum absolute atomic E-state index is 0.0250. The van der Waals surface area contributed by atoms with Gasteiger partial charge in [-0.1, -0.05) is 64.5 Å². The van der Waals surface area contributed by atoms with Gasteiger partial charge in [0, 0.05) is 16.2 Å². The fourth-order valence-corrected chi connectivity index (χ4v) is 3.48. The largest absolute Gasteiger partial charge is 0.466 e. The van der Waals surface area contributed by atoms with Gasteiger partial charge >= 0.3 is 11.7 Å². The predicted octanol–water partition coefficient (Wildman–Crippen LogP) is 3.39. The topological polar surface area (TPSA) is 70.3 Å². The molecule has 0 spiro atoms. The van der Waals surface area contributed by atoms with E-state index in [9.17, 15) is 14.4 Å². The van der Waals surface area contributed by atoms with Crippen LogP contribution in [0.1, 0.15) is 16.7 Å². The van der Waals surface area contributed by atoms with E-state index in [1.165, 1.54) is 22.4 Å². The number of nitrogens with zero attached hydrogens (tertiary/aromatic N) is 2. The van der Waals surface area contributed by atoms with Crippen LogP contribution in [0.2, 0.25) is 0 Å². The average Bonchev–Trinajstić information content (AvgIpc) is 2.76. The van der Waals surface area contributed by atoms with Gasteiger partial charge in [-0.3, -0.25) is 13.9 Å². The van der Waals surface area contributed by atoms with Gasteiger partial charge < -0.3 is 4.74 Å². The van der Waals surface area contributed by atoms with E-state index >= 15 is 0 Å². The number of esters is 1. The molecule has 1 aromatic heterocycles. The van der Waals surface area contributed by atoms with Crippen molar-refractivity contribution in [2.75, 3.05) is 7.11 Å². The number of halogens is 1. The first-order chi connectivity index (χ1) is 14.4. The van der Waals surface area contributed by atoms with Crippen LogP contribution in [0.15, 0.2) is 80.4 Å². The number of rotatable bonds is 6. The Kier molecular flexibility index (Phi) is 6.84. The smallest absolute Gasteiger partial charge is 0.335 e. The third-order valence-corrected chi connectivity index (χ3v) is 5.34. The van der Waals surface area contributed by atoms with Gasteiger partial charge in [-0.05, 0) is 30.2 Å². The highest BCUT2D eigenvalue weighted by Gasteiger charge is 2.16. The van der Waals surface area contributed by atoms with Gasteiger partial charge in [0.2, 0.25) is 0 Å². The molecule has 2 aromatic carbocycles. The fourth-order valence-electron chi connectivity index (χ4n) is 3.08. The third-order valence-electron chi connectivity index (χ3n) is 4.62. The molecule has 0 aliphatic heterocycles. The normalized spacial score (nSPS) is 11.4. The maximum absolute atomic E-state index is 13.0. The minimum atomic E-state index is -0.545. The molecular weight excluding hydrogens is 448 g/mol. The van der Waals surface area contributed by atoms with Gasteiger partial charge in [-0.15, -0.1) is 0 Å². The molecule has 0 aliphatic carbocycles. The number of hydrogen-bond acceptors (Lipinski definition) is 4. The number of carbonyl (C=O) groups excluding carboxylic acids is 1. The Hall–Kier alpha value is -3.19. The van der Waals surface area contributed by atoms with Crippen LogP contribution in [0, 0.1) is 6.92 Å². The highest BCUT2D eigenvalue weighted by molar-refractivity contribution is 9.10. The first-order valence-electron chi connectivity index (χ1n) is 9.29. The van der Waals surface area contributed by atoms with E-state index in [4.69, 9.17) is 4.74 Å². The lowest BCUT2D eigenvalue weighted by atomic mass is 10.1. The van der Waals surface area contributed by atoms with Gasteiger partial charge in [0.25, 0.3) is 5.56 Å². The average molecular weight is 469 g/mol. The summed E-state index contributed by atoms with van der Waals surface area (Å²) in [5.74, 6) is -0.545. The van der Waals surface area contributed by atoms with Crippen molar-refractivity contribution in [3.63, 3.8) is 0 Å². The van der Waals surface area contributed by atoms with Crippen LogP contribution in [-0.2, 0) is 22.6 Å². The Morgan fingerprint density at radius 3 is 2.40 bits per heavy atom. The van der Waals surface area contributed by atoms with E-state index < -0.39 is 11.7 Å². The lowest BCUT2D eigenvalue weighted by Gasteiger charge is -2.13. The van der Waals surface area contributed by atoms with Crippen molar-refractivity contribution in [1.82, 2.24) is 9.13 Å². The predicted molar refractivity (Wildman–Crippen MR) is 119 cm³/mol. The van der Waals surface area contributed by atoms with E-state index in [-0.39, 0.29) is 24.2 Å². The third kappa shape index (κ3) is 4.86. The lowest BCUT2D eigenvalue weighted by Crippen LogP contribution is -2.41. The highest BCUT2D eigenvalue weighted by Crippen LogP contribution is 2.20. The zero-order chi connectivity index (χ0) is 21.7. The number of carbonyl (C=O) groups is 1. The molecule has 0 bridgehead atoms. The molecule has 30 heavy (non-hydrogen) atoms. The molecule has 0 radical (unpaired) electrons. The number of aromatic nitrogens is 2. The monoisotopic (exact) mass is 468 g/mol. The Bertz CT molecular complexity index is 1210. The quantitative estimate of drug-likeness (QED) is 0.410. The summed E-state index contributed by atoms with van der Waals surface area (Å²) in [6.45, 7) is 1.78. The summed E-state index contributed by atoms with van der Waals surface area (Å²) in [6, 6.07) is 16.7. The van der Waals surface area contributed by atoms with E-state index in [0.717, 1.165) is 15.6 Å². The van der Waals surface area contributed by atoms with E-state index in [1.807, 2.05) is 54.6 Å². The summed E-state index contributed by atoms with van der Waals surface area (Å²) in [5.41, 5.74) is 1.48. The van der Waals surface area contributed by atoms with Gasteiger partial charge in [0.1, 0.15) is 0 Å². The SMILES string of the molecule is COC(=O)/C(=C/c1ccccc1Br)Cn1cc(C)c(=O)n(Cc2ccccc2)c1=O. The zero-order valence-corrected chi connectivity index (χ0v) is 18.3. The van der Waals surface area contributed by atoms with Crippen LogP contribution in [0.3, 0.4) is 0 Å². The highest BCUT2D eigenvalue weighted by atomic mass is 79.9. The molecule has 154 valence electrons. The molecule has 0 saturated heterocycles. The second kappa shape index (κ2) is 9.54. The first-order valence-corrected chi connectivity index (χ1v) is 10.1. The molecule has 0 fully saturated rings. The number of ether oxygens (including phenoxy) is 1. The Morgan fingerprint density at radius 2 is 1.73 bits per heavy atom. The van der Waals surface area contributed by atoms with E-state index in [2.05, 4.69) is 15.9 Å². The van der Waals surface area contributed by atoms with Crippen LogP contribution in [0.25, 0.3) is 6.08 Å². The van der Waals surface area contributed by atoms with E-state index in [1.54, 1.807) is 13.0 Å². The molecule has 0 saturated carbocycles. The van der Waals surface area contributed by atoms with Gasteiger partial charge in [-0.2, -0.15) is 0 Å². The van der Waals surface area contributed by atoms with Crippen molar-refractivity contribution in [1.29, 1.82) is 0 Å². The van der Waals surface area contributed by atoms with Crippen LogP contribution in [-0.4, -0.2) is 22.2 Å². The van der Waals surface area contributed by atoms with Crippen molar-refractivity contribution >= 4 is 28.0 Å². The Morgan fingerprint density at radius 1 is 1.07 bits per heavy atom. The number of benzene rings is 2. The summed E-state index contributed by atoms with van der Waals surface area (Å²) < 4.78 is 8.26. The summed E-state index contributed by atoms with van der Waals surface area (Å²) in [4.78, 5) is 38.0. The number of aryl methyl sites for hydroxylation is 1. The molecule has 0 aliphatic rings. The van der Waals surface area contributed by atoms with Crippen molar-refractivity contribution in [2.24, 2.45) is 0 Å². The molecule has 3 rings (SSSR count). The van der Waals surface area contributed by atoms with Crippen LogP contribution < -0.4 is 11.2 Å². The maximum Gasteiger partial charge on any atom is 0.335 e. The second-order valence-electron chi connectivity index (χ2n) is 6.78. The Labute approximate surface area is 182 Å². The Balaban J connectivity index is 2.05. The second-order valence-corrected chi connectivity index (χ2v) is 7.64. The molecule has 6 nitrogen and oxygen atoms in total. The molecule has 7 heteroatoms. The molecule has 0 atom stereocenters. The molecule has 0 unspecified atom stereocenters. The maximum atomic E-state index is 13.0. The van der Waals surface area contributed by atoms with Gasteiger partial charge in [-0.25, -0.2) is 9.59 Å². The number of methoxy groups -OCH3 is 1. The standard InChI is InChI=1S/C23H21BrN2O4/c1-16-13-25(23(29)26(21(16)27)14-17-8-4-3-5-9-17)15-19(22(28)30-2)12-18-10-6-7-11-20(18)24/h3-13H,14-15H2,1-2H3/b19-12+. The van der Waals surface area contributed by atoms with Crippen LogP contribution in [0.5, 0.6) is 0 Å². The molecule has 1 heterocycles. The summed E-state index contributed by atoms with van der Waals surface area (Å²) in [7, 11) is 1.29. The molecule has 0 N–H and O–H groups in total. The van der Waals surface area contributed by atoms with Crippen LogP contribution in [0.4, 0.5) is 0 Å². The molecular formula is C23H21BrN2O4. The fraction of sp³-hybridized carbons (Fsp3) is 0.174. The van der Waals surface area contributed by atoms with Gasteiger partial charge in [0.05, 0.1) is 25.8 Å². The minimum Gasteiger partial charge on any atom is -0.466 e. The first kappa shape index (κ1) is 21.5. The van der Waals surface area contributed by atoms with Crippen LogP contribution >= 0.6 is 15.9 Å². The van der Waals surface area contributed by atoms with Gasteiger partial charge in [0.15, 0.2) is 0 Å². The lowest BCUT2D eigenvalue weighted by molar-refractivity contribution is -0.136. The summed E-state index contributed by atoms with van der Waals surface area (Å²) in [5, 5.41) is 0. The summed E-state index contributed by atoms with van der Waals surface area (Å²) in [6.07, 6.45) is 3.15. The van der Waals surface area contributed by atoms with Crippen molar-refractivity contribution in [2.45, 2.75) is 20.0 Å².